The zero-order valence-electron chi connectivity index (χ0n) is 35.7. The fourth-order valence-electron chi connectivity index (χ4n) is 6.86. The third-order valence-electron chi connectivity index (χ3n) is 10.5. The van der Waals surface area contributed by atoms with Gasteiger partial charge in [-0.1, -0.05) is 38.5 Å². The number of fused-ring (bicyclic) bond motifs is 1. The van der Waals surface area contributed by atoms with Crippen molar-refractivity contribution in [1.29, 1.82) is 0 Å². The number of hydrogen-bond acceptors (Lipinski definition) is 12. The number of aromatic nitrogens is 1. The quantitative estimate of drug-likeness (QED) is 0.0425. The molecule has 24 heteroatoms. The number of aromatic amines is 1. The van der Waals surface area contributed by atoms with E-state index in [-0.39, 0.29) is 38.6 Å². The Kier molecular flexibility index (Phi) is 20.1. The molecular formula is C40H58N12O12. The number of benzene rings is 1. The Morgan fingerprint density at radius 3 is 1.91 bits per heavy atom. The van der Waals surface area contributed by atoms with Crippen LogP contribution < -0.4 is 54.4 Å². The minimum Gasteiger partial charge on any atom is -0.480 e. The minimum atomic E-state index is -1.38. The maximum atomic E-state index is 14.0. The summed E-state index contributed by atoms with van der Waals surface area (Å²) >= 11 is 0. The Balaban J connectivity index is 1.74. The molecule has 350 valence electrons. The lowest BCUT2D eigenvalue weighted by atomic mass is 9.97. The molecule has 0 saturated carbocycles. The van der Waals surface area contributed by atoms with E-state index in [0.717, 1.165) is 10.9 Å². The summed E-state index contributed by atoms with van der Waals surface area (Å²) in [6, 6.07) is 0.956. The van der Waals surface area contributed by atoms with Gasteiger partial charge in [0.15, 0.2) is 0 Å². The van der Waals surface area contributed by atoms with Crippen molar-refractivity contribution in [2.24, 2.45) is 23.1 Å². The number of amides is 10. The van der Waals surface area contributed by atoms with Crippen LogP contribution in [-0.2, 0) is 59.2 Å². The number of primary amides is 2. The van der Waals surface area contributed by atoms with Gasteiger partial charge in [0.25, 0.3) is 0 Å². The van der Waals surface area contributed by atoms with E-state index in [1.54, 1.807) is 44.3 Å². The van der Waals surface area contributed by atoms with E-state index in [1.807, 2.05) is 0 Å². The van der Waals surface area contributed by atoms with Gasteiger partial charge in [0.05, 0.1) is 19.6 Å². The number of nitrogens with zero attached hydrogens (tertiary/aromatic N) is 1. The number of likely N-dealkylation sites (tertiary alicyclic amines) is 1. The fourth-order valence-corrected chi connectivity index (χ4v) is 6.86. The molecule has 0 bridgehead atoms. The molecule has 6 atom stereocenters. The highest BCUT2D eigenvalue weighted by Gasteiger charge is 2.36. The van der Waals surface area contributed by atoms with E-state index in [4.69, 9.17) is 22.3 Å². The number of carbonyl (C=O) groups excluding carboxylic acids is 10. The minimum absolute atomic E-state index is 0.101. The molecule has 2 aromatic rings. The van der Waals surface area contributed by atoms with Crippen molar-refractivity contribution in [3.63, 3.8) is 0 Å². The molecule has 24 nitrogen and oxygen atoms in total. The highest BCUT2D eigenvalue weighted by molar-refractivity contribution is 5.97. The zero-order valence-corrected chi connectivity index (χ0v) is 35.7. The van der Waals surface area contributed by atoms with Gasteiger partial charge in [-0.3, -0.25) is 52.7 Å². The molecule has 64 heavy (non-hydrogen) atoms. The van der Waals surface area contributed by atoms with Gasteiger partial charge in [-0.2, -0.15) is 0 Å². The van der Waals surface area contributed by atoms with Gasteiger partial charge in [0.2, 0.25) is 59.1 Å². The maximum absolute atomic E-state index is 14.0. The predicted molar refractivity (Wildman–Crippen MR) is 226 cm³/mol. The lowest BCUT2D eigenvalue weighted by molar-refractivity contribution is -0.139. The van der Waals surface area contributed by atoms with E-state index in [0.29, 0.717) is 31.4 Å². The number of rotatable bonds is 26. The number of carboxylic acids is 1. The Labute approximate surface area is 367 Å². The van der Waals surface area contributed by atoms with E-state index < -0.39 is 121 Å². The summed E-state index contributed by atoms with van der Waals surface area (Å²) in [5.41, 5.74) is 17.3. The number of carbonyl (C=O) groups is 11. The van der Waals surface area contributed by atoms with Crippen LogP contribution in [-0.4, -0.2) is 143 Å². The van der Waals surface area contributed by atoms with Crippen LogP contribution >= 0.6 is 0 Å². The van der Waals surface area contributed by atoms with E-state index in [9.17, 15) is 52.7 Å². The number of H-pyrrole nitrogens is 1. The normalized spacial score (nSPS) is 15.6. The molecule has 3 rings (SSSR count). The Morgan fingerprint density at radius 2 is 1.33 bits per heavy atom. The second kappa shape index (κ2) is 25.1. The van der Waals surface area contributed by atoms with Crippen molar-refractivity contribution >= 4 is 75.9 Å². The van der Waals surface area contributed by atoms with Gasteiger partial charge in [-0.15, -0.1) is 0 Å². The van der Waals surface area contributed by atoms with E-state index >= 15 is 0 Å². The number of para-hydroxylation sites is 1. The summed E-state index contributed by atoms with van der Waals surface area (Å²) in [5.74, 6) is -9.62. The average Bonchev–Trinajstić information content (AvgIpc) is 3.93. The molecule has 1 fully saturated rings. The van der Waals surface area contributed by atoms with Crippen molar-refractivity contribution in [2.75, 3.05) is 32.7 Å². The van der Waals surface area contributed by atoms with Crippen LogP contribution in [0.2, 0.25) is 0 Å². The second-order valence-electron chi connectivity index (χ2n) is 15.2. The van der Waals surface area contributed by atoms with Crippen LogP contribution in [0.3, 0.4) is 0 Å². The molecule has 1 aromatic carbocycles. The number of nitrogens with two attached hydrogens (primary N) is 3. The number of nitrogens with one attached hydrogen (secondary N) is 8. The van der Waals surface area contributed by atoms with Crippen molar-refractivity contribution in [2.45, 2.75) is 95.4 Å². The molecule has 1 aliphatic heterocycles. The molecule has 0 spiro atoms. The average molecular weight is 899 g/mol. The summed E-state index contributed by atoms with van der Waals surface area (Å²) < 4.78 is 0. The molecule has 6 unspecified atom stereocenters. The first-order valence-electron chi connectivity index (χ1n) is 20.7. The van der Waals surface area contributed by atoms with Crippen LogP contribution in [0.4, 0.5) is 0 Å². The zero-order chi connectivity index (χ0) is 47.5. The molecule has 0 aliphatic carbocycles. The standard InChI is InChI=1S/C40H58N12O12/c1-3-21(2)35(51-32(56)19-45-37(61)26(11-13-30(43)54)49-39(63)28-9-6-14-52(28)33(57)16-41)40(64)50-27(15-22-17-44-24-8-5-4-7-23(22)24)38(62)46-18-31(55)48-25(10-12-29(42)53)36(60)47-20-34(58)59/h4-5,7-8,17,21,25-28,35,44H,3,6,9-16,18-20,41H2,1-2H3,(H2,42,53)(H2,43,54)(H,45,61)(H,46,62)(H,47,60)(H,48,55)(H,49,63)(H,50,64)(H,51,56)(H,58,59). The van der Waals surface area contributed by atoms with Gasteiger partial charge >= 0.3 is 5.97 Å². The van der Waals surface area contributed by atoms with Gasteiger partial charge in [-0.05, 0) is 43.2 Å². The van der Waals surface area contributed by atoms with Crippen molar-refractivity contribution in [3.05, 3.63) is 36.0 Å². The first-order valence-corrected chi connectivity index (χ1v) is 20.7. The van der Waals surface area contributed by atoms with Gasteiger partial charge < -0.3 is 69.4 Å². The summed E-state index contributed by atoms with van der Waals surface area (Å²) in [7, 11) is 0. The molecule has 0 radical (unpaired) electrons. The maximum Gasteiger partial charge on any atom is 0.322 e. The lowest BCUT2D eigenvalue weighted by Crippen LogP contribution is -2.58. The molecule has 1 aliphatic rings. The highest BCUT2D eigenvalue weighted by Crippen LogP contribution is 2.20. The topological polar surface area (TPSA) is 389 Å². The van der Waals surface area contributed by atoms with Gasteiger partial charge in [0.1, 0.15) is 36.8 Å². The first kappa shape index (κ1) is 51.2. The van der Waals surface area contributed by atoms with Crippen LogP contribution in [0, 0.1) is 5.92 Å². The van der Waals surface area contributed by atoms with E-state index in [2.05, 4.69) is 42.2 Å². The predicted octanol–water partition coefficient (Wildman–Crippen LogP) is -4.39. The molecule has 2 heterocycles. The first-order chi connectivity index (χ1) is 30.3. The Morgan fingerprint density at radius 1 is 0.766 bits per heavy atom. The Hall–Kier alpha value is -7.11. The summed E-state index contributed by atoms with van der Waals surface area (Å²) in [6.45, 7) is 1.25. The van der Waals surface area contributed by atoms with Crippen molar-refractivity contribution in [1.82, 2.24) is 47.1 Å². The van der Waals surface area contributed by atoms with Crippen molar-refractivity contribution in [3.8, 4) is 0 Å². The summed E-state index contributed by atoms with van der Waals surface area (Å²) in [5, 5.41) is 26.7. The SMILES string of the molecule is CCC(C)C(NC(=O)CNC(=O)C(CCC(N)=O)NC(=O)C1CCCN1C(=O)CN)C(=O)NC(Cc1c[nH]c2ccccc12)C(=O)NCC(=O)NC(CCC(N)=O)C(=O)NCC(=O)O. The third-order valence-corrected chi connectivity index (χ3v) is 10.5. The summed E-state index contributed by atoms with van der Waals surface area (Å²) in [6.07, 6.45) is 1.65. The van der Waals surface area contributed by atoms with Crippen LogP contribution in [0.1, 0.15) is 64.4 Å². The third kappa shape index (κ3) is 16.0. The molecule has 15 N–H and O–H groups in total. The van der Waals surface area contributed by atoms with Gasteiger partial charge in [0, 0.05) is 42.9 Å². The molecular weight excluding hydrogens is 841 g/mol. The molecule has 1 aromatic heterocycles. The molecule has 10 amide bonds. The number of carboxylic acid groups (broad SMARTS) is 1. The van der Waals surface area contributed by atoms with Gasteiger partial charge in [-0.25, -0.2) is 0 Å². The monoisotopic (exact) mass is 898 g/mol. The summed E-state index contributed by atoms with van der Waals surface area (Å²) in [4.78, 5) is 144. The number of aliphatic carboxylic acids is 1. The largest absolute Gasteiger partial charge is 0.480 e. The van der Waals surface area contributed by atoms with Crippen LogP contribution in [0.25, 0.3) is 10.9 Å². The van der Waals surface area contributed by atoms with Crippen LogP contribution in [0.5, 0.6) is 0 Å². The fraction of sp³-hybridized carbons (Fsp3) is 0.525. The lowest BCUT2D eigenvalue weighted by Gasteiger charge is -2.27. The Bertz CT molecular complexity index is 2060. The molecule has 1 saturated heterocycles. The van der Waals surface area contributed by atoms with Crippen molar-refractivity contribution < 1.29 is 57.8 Å². The van der Waals surface area contributed by atoms with E-state index in [1.165, 1.54) is 4.90 Å². The smallest absolute Gasteiger partial charge is 0.322 e. The number of hydrogen-bond donors (Lipinski definition) is 12. The highest BCUT2D eigenvalue weighted by atomic mass is 16.4. The second-order valence-corrected chi connectivity index (χ2v) is 15.2. The van der Waals surface area contributed by atoms with Crippen LogP contribution in [0.15, 0.2) is 30.5 Å².